The van der Waals surface area contributed by atoms with Gasteiger partial charge in [0, 0.05) is 13.6 Å². The largest absolute Gasteiger partial charge is 0.480 e. The van der Waals surface area contributed by atoms with Gasteiger partial charge in [-0.15, -0.1) is 0 Å². The standard InChI is InChI=1S/C12H20ClN3O2/c1-7(2)5-9(12(17)18)14-6-10-11(13)8(3)15-16(10)4/h7,9,14H,5-6H2,1-4H3,(H,17,18). The molecule has 0 saturated carbocycles. The number of aromatic nitrogens is 2. The van der Waals surface area contributed by atoms with E-state index in [0.29, 0.717) is 23.9 Å². The number of nitrogens with zero attached hydrogens (tertiary/aromatic N) is 2. The number of nitrogens with one attached hydrogen (secondary N) is 1. The van der Waals surface area contributed by atoms with Crippen LogP contribution in [0.4, 0.5) is 0 Å². The molecular formula is C12H20ClN3O2. The van der Waals surface area contributed by atoms with Gasteiger partial charge >= 0.3 is 5.97 Å². The van der Waals surface area contributed by atoms with E-state index in [1.165, 1.54) is 0 Å². The monoisotopic (exact) mass is 273 g/mol. The number of halogens is 1. The predicted octanol–water partition coefficient (Wildman–Crippen LogP) is 1.97. The lowest BCUT2D eigenvalue weighted by atomic mass is 10.0. The third kappa shape index (κ3) is 3.71. The molecule has 0 aromatic carbocycles. The van der Waals surface area contributed by atoms with Crippen LogP contribution in [0.15, 0.2) is 0 Å². The van der Waals surface area contributed by atoms with E-state index in [4.69, 9.17) is 16.7 Å². The van der Waals surface area contributed by atoms with Crippen molar-refractivity contribution in [2.75, 3.05) is 0 Å². The van der Waals surface area contributed by atoms with Crippen molar-refractivity contribution in [1.29, 1.82) is 0 Å². The SMILES string of the molecule is Cc1nn(C)c(CNC(CC(C)C)C(=O)O)c1Cl. The lowest BCUT2D eigenvalue weighted by Gasteiger charge is -2.16. The molecule has 0 bridgehead atoms. The molecule has 0 fully saturated rings. The second-order valence-electron chi connectivity index (χ2n) is 4.87. The molecule has 1 aromatic rings. The molecule has 1 unspecified atom stereocenters. The van der Waals surface area contributed by atoms with Crippen LogP contribution in [0.2, 0.25) is 5.02 Å². The lowest BCUT2D eigenvalue weighted by Crippen LogP contribution is -2.37. The first kappa shape index (κ1) is 15.0. The third-order valence-electron chi connectivity index (χ3n) is 2.78. The second-order valence-corrected chi connectivity index (χ2v) is 5.25. The summed E-state index contributed by atoms with van der Waals surface area (Å²) >= 11 is 6.11. The van der Waals surface area contributed by atoms with Gasteiger partial charge in [0.05, 0.1) is 16.4 Å². The van der Waals surface area contributed by atoms with Crippen molar-refractivity contribution in [1.82, 2.24) is 15.1 Å². The Kier molecular flexibility index (Phi) is 5.16. The van der Waals surface area contributed by atoms with Crippen LogP contribution in [0.3, 0.4) is 0 Å². The summed E-state index contributed by atoms with van der Waals surface area (Å²) in [4.78, 5) is 11.1. The van der Waals surface area contributed by atoms with Gasteiger partial charge in [-0.25, -0.2) is 0 Å². The van der Waals surface area contributed by atoms with Gasteiger partial charge in [0.2, 0.25) is 0 Å². The maximum absolute atomic E-state index is 11.1. The van der Waals surface area contributed by atoms with Crippen LogP contribution in [0.25, 0.3) is 0 Å². The summed E-state index contributed by atoms with van der Waals surface area (Å²) < 4.78 is 1.68. The molecule has 102 valence electrons. The maximum atomic E-state index is 11.1. The molecule has 5 nitrogen and oxygen atoms in total. The first-order chi connectivity index (χ1) is 8.32. The van der Waals surface area contributed by atoms with Crippen molar-refractivity contribution in [2.45, 2.75) is 39.8 Å². The highest BCUT2D eigenvalue weighted by Crippen LogP contribution is 2.19. The van der Waals surface area contributed by atoms with Crippen molar-refractivity contribution in [2.24, 2.45) is 13.0 Å². The van der Waals surface area contributed by atoms with Crippen LogP contribution in [0.5, 0.6) is 0 Å². The zero-order valence-corrected chi connectivity index (χ0v) is 12.0. The average Bonchev–Trinajstić information content (AvgIpc) is 2.48. The minimum absolute atomic E-state index is 0.322. The van der Waals surface area contributed by atoms with E-state index in [2.05, 4.69) is 10.4 Å². The molecule has 0 amide bonds. The molecular weight excluding hydrogens is 254 g/mol. The molecule has 6 heteroatoms. The minimum Gasteiger partial charge on any atom is -0.480 e. The zero-order valence-electron chi connectivity index (χ0n) is 11.2. The van der Waals surface area contributed by atoms with Gasteiger partial charge < -0.3 is 5.11 Å². The first-order valence-electron chi connectivity index (χ1n) is 5.97. The molecule has 0 saturated heterocycles. The fourth-order valence-electron chi connectivity index (χ4n) is 1.83. The average molecular weight is 274 g/mol. The number of hydrogen-bond donors (Lipinski definition) is 2. The van der Waals surface area contributed by atoms with E-state index in [0.717, 1.165) is 11.4 Å². The number of aryl methyl sites for hydroxylation is 2. The summed E-state index contributed by atoms with van der Waals surface area (Å²) in [5.41, 5.74) is 1.57. The molecule has 1 aromatic heterocycles. The van der Waals surface area contributed by atoms with Gasteiger partial charge in [0.1, 0.15) is 6.04 Å². The van der Waals surface area contributed by atoms with Crippen LogP contribution in [-0.4, -0.2) is 26.9 Å². The van der Waals surface area contributed by atoms with Crippen LogP contribution in [0, 0.1) is 12.8 Å². The van der Waals surface area contributed by atoms with E-state index < -0.39 is 12.0 Å². The number of carboxylic acids is 1. The molecule has 1 heterocycles. The highest BCUT2D eigenvalue weighted by Gasteiger charge is 2.20. The normalized spacial score (nSPS) is 13.0. The Morgan fingerprint density at radius 1 is 1.56 bits per heavy atom. The molecule has 1 rings (SSSR count). The van der Waals surface area contributed by atoms with Crippen molar-refractivity contribution >= 4 is 17.6 Å². The fourth-order valence-corrected chi connectivity index (χ4v) is 2.06. The molecule has 0 aliphatic carbocycles. The fraction of sp³-hybridized carbons (Fsp3) is 0.667. The lowest BCUT2D eigenvalue weighted by molar-refractivity contribution is -0.140. The Balaban J connectivity index is 2.70. The molecule has 2 N–H and O–H groups in total. The maximum Gasteiger partial charge on any atom is 0.320 e. The van der Waals surface area contributed by atoms with E-state index >= 15 is 0 Å². The molecule has 18 heavy (non-hydrogen) atoms. The van der Waals surface area contributed by atoms with Crippen molar-refractivity contribution < 1.29 is 9.90 Å². The van der Waals surface area contributed by atoms with E-state index in [1.807, 2.05) is 20.8 Å². The summed E-state index contributed by atoms with van der Waals surface area (Å²) in [6, 6.07) is -0.559. The van der Waals surface area contributed by atoms with Crippen molar-refractivity contribution in [3.8, 4) is 0 Å². The quantitative estimate of drug-likeness (QED) is 0.832. The number of carboxylic acid groups (broad SMARTS) is 1. The number of hydrogen-bond acceptors (Lipinski definition) is 3. The second kappa shape index (κ2) is 6.20. The molecule has 0 aliphatic rings. The zero-order chi connectivity index (χ0) is 13.9. The Bertz CT molecular complexity index is 429. The van der Waals surface area contributed by atoms with Crippen molar-refractivity contribution in [3.05, 3.63) is 16.4 Å². The van der Waals surface area contributed by atoms with Crippen molar-refractivity contribution in [3.63, 3.8) is 0 Å². The van der Waals surface area contributed by atoms with Gasteiger partial charge in [-0.05, 0) is 19.3 Å². The molecule has 0 spiro atoms. The summed E-state index contributed by atoms with van der Waals surface area (Å²) in [5, 5.41) is 16.9. The molecule has 1 atom stereocenters. The van der Waals surface area contributed by atoms with Gasteiger partial charge in [0.15, 0.2) is 0 Å². The summed E-state index contributed by atoms with van der Waals surface area (Å²) in [5.74, 6) is -0.513. The summed E-state index contributed by atoms with van der Waals surface area (Å²) in [6.07, 6.45) is 0.587. The summed E-state index contributed by atoms with van der Waals surface area (Å²) in [7, 11) is 1.80. The topological polar surface area (TPSA) is 67.2 Å². The molecule has 0 radical (unpaired) electrons. The van der Waals surface area contributed by atoms with Gasteiger partial charge in [-0.3, -0.25) is 14.8 Å². The van der Waals surface area contributed by atoms with Gasteiger partial charge in [-0.2, -0.15) is 5.10 Å². The Morgan fingerprint density at radius 3 is 2.56 bits per heavy atom. The van der Waals surface area contributed by atoms with Crippen LogP contribution in [-0.2, 0) is 18.4 Å². The van der Waals surface area contributed by atoms with E-state index in [-0.39, 0.29) is 0 Å². The van der Waals surface area contributed by atoms with Crippen LogP contribution >= 0.6 is 11.6 Å². The summed E-state index contributed by atoms with van der Waals surface area (Å²) in [6.45, 7) is 6.23. The Labute approximate surface area is 112 Å². The van der Waals surface area contributed by atoms with Gasteiger partial charge in [-0.1, -0.05) is 25.4 Å². The van der Waals surface area contributed by atoms with Crippen LogP contribution < -0.4 is 5.32 Å². The first-order valence-corrected chi connectivity index (χ1v) is 6.34. The van der Waals surface area contributed by atoms with Gasteiger partial charge in [0.25, 0.3) is 0 Å². The van der Waals surface area contributed by atoms with E-state index in [9.17, 15) is 4.79 Å². The number of carbonyl (C=O) groups is 1. The molecule has 0 aliphatic heterocycles. The third-order valence-corrected chi connectivity index (χ3v) is 3.27. The predicted molar refractivity (Wildman–Crippen MR) is 70.7 cm³/mol. The van der Waals surface area contributed by atoms with Crippen LogP contribution in [0.1, 0.15) is 31.7 Å². The number of rotatable bonds is 6. The van der Waals surface area contributed by atoms with E-state index in [1.54, 1.807) is 11.7 Å². The Hall–Kier alpha value is -1.07. The minimum atomic E-state index is -0.835. The number of aliphatic carboxylic acids is 1. The Morgan fingerprint density at radius 2 is 2.17 bits per heavy atom. The highest BCUT2D eigenvalue weighted by molar-refractivity contribution is 6.31. The smallest absolute Gasteiger partial charge is 0.320 e. The highest BCUT2D eigenvalue weighted by atomic mass is 35.5.